The van der Waals surface area contributed by atoms with Gasteiger partial charge in [0.1, 0.15) is 5.03 Å². The molecule has 0 fully saturated rings. The summed E-state index contributed by atoms with van der Waals surface area (Å²) < 4.78 is 22.3. The van der Waals surface area contributed by atoms with Gasteiger partial charge in [0.2, 0.25) is 0 Å². The number of halogens is 1. The molecule has 3 nitrogen and oxygen atoms in total. The topological polar surface area (TPSA) is 49.9 Å². The van der Waals surface area contributed by atoms with E-state index in [1.54, 1.807) is 12.3 Å². The first-order chi connectivity index (χ1) is 8.36. The molecule has 2 rings (SSSR count). The summed E-state index contributed by atoms with van der Waals surface area (Å²) in [5.41, 5.74) is 4.50. The molecule has 2 aromatic rings. The molecule has 18 heavy (non-hydrogen) atoms. The molecule has 0 unspecified atom stereocenters. The number of nitrogens with one attached hydrogen (secondary N) is 1. The summed E-state index contributed by atoms with van der Waals surface area (Å²) in [6.45, 7) is 4.10. The first kappa shape index (κ1) is 13.2. The van der Waals surface area contributed by atoms with Gasteiger partial charge in [-0.25, -0.2) is 8.42 Å². The Hall–Kier alpha value is -1.26. The van der Waals surface area contributed by atoms with Crippen LogP contribution in [-0.2, 0) is 15.5 Å². The molecular weight excluding hydrogens is 270 g/mol. The molecular formula is C13H14ClNO2S. The van der Waals surface area contributed by atoms with E-state index >= 15 is 0 Å². The average molecular weight is 284 g/mol. The van der Waals surface area contributed by atoms with Crippen molar-refractivity contribution in [3.8, 4) is 0 Å². The molecule has 0 amide bonds. The van der Waals surface area contributed by atoms with Crippen LogP contribution in [0.15, 0.2) is 35.5 Å². The molecule has 0 atom stereocenters. The zero-order valence-electron chi connectivity index (χ0n) is 10.2. The van der Waals surface area contributed by atoms with E-state index in [1.807, 2.05) is 19.9 Å². The fraction of sp³-hybridized carbons (Fsp3) is 0.231. The normalized spacial score (nSPS) is 11.7. The van der Waals surface area contributed by atoms with E-state index in [9.17, 15) is 8.42 Å². The molecule has 1 aromatic carbocycles. The SMILES string of the molecule is Cc1ccc(Cc2c[nH]c(S(=O)(=O)Cl)c2)c(C)c1. The smallest absolute Gasteiger partial charge is 0.276 e. The Bertz CT molecular complexity index is 674. The molecule has 0 aliphatic rings. The van der Waals surface area contributed by atoms with Crippen molar-refractivity contribution < 1.29 is 8.42 Å². The maximum atomic E-state index is 11.1. The second-order valence-corrected chi connectivity index (χ2v) is 6.95. The minimum atomic E-state index is -3.67. The predicted octanol–water partition coefficient (Wildman–Crippen LogP) is 3.15. The summed E-state index contributed by atoms with van der Waals surface area (Å²) in [5, 5.41) is 0.0453. The number of aromatic nitrogens is 1. The van der Waals surface area contributed by atoms with Gasteiger partial charge in [-0.15, -0.1) is 0 Å². The molecule has 0 aliphatic heterocycles. The van der Waals surface area contributed by atoms with Gasteiger partial charge in [0.05, 0.1) is 0 Å². The molecule has 0 aliphatic carbocycles. The Morgan fingerprint density at radius 2 is 1.94 bits per heavy atom. The second kappa shape index (κ2) is 4.78. The van der Waals surface area contributed by atoms with Crippen molar-refractivity contribution in [3.05, 3.63) is 52.7 Å². The molecule has 0 saturated heterocycles. The third kappa shape index (κ3) is 2.94. The van der Waals surface area contributed by atoms with Crippen LogP contribution in [0.5, 0.6) is 0 Å². The van der Waals surface area contributed by atoms with Crippen LogP contribution in [0.2, 0.25) is 0 Å². The molecule has 0 bridgehead atoms. The first-order valence-electron chi connectivity index (χ1n) is 5.54. The number of hydrogen-bond acceptors (Lipinski definition) is 2. The van der Waals surface area contributed by atoms with Crippen LogP contribution >= 0.6 is 10.7 Å². The van der Waals surface area contributed by atoms with Crippen molar-refractivity contribution in [1.29, 1.82) is 0 Å². The van der Waals surface area contributed by atoms with Gasteiger partial charge in [-0.2, -0.15) is 0 Å². The van der Waals surface area contributed by atoms with E-state index in [0.717, 1.165) is 5.56 Å². The highest BCUT2D eigenvalue weighted by atomic mass is 35.7. The molecule has 1 aromatic heterocycles. The highest BCUT2D eigenvalue weighted by Crippen LogP contribution is 2.19. The maximum absolute atomic E-state index is 11.1. The Morgan fingerprint density at radius 3 is 2.50 bits per heavy atom. The van der Waals surface area contributed by atoms with Crippen molar-refractivity contribution in [3.63, 3.8) is 0 Å². The lowest BCUT2D eigenvalue weighted by atomic mass is 10.0. The summed E-state index contributed by atoms with van der Waals surface area (Å²) in [6.07, 6.45) is 2.36. The number of H-pyrrole nitrogens is 1. The zero-order valence-corrected chi connectivity index (χ0v) is 11.8. The van der Waals surface area contributed by atoms with Crippen molar-refractivity contribution >= 4 is 19.7 Å². The van der Waals surface area contributed by atoms with Crippen LogP contribution in [0, 0.1) is 13.8 Å². The van der Waals surface area contributed by atoms with Crippen LogP contribution in [-0.4, -0.2) is 13.4 Å². The molecule has 1 N–H and O–H groups in total. The van der Waals surface area contributed by atoms with Gasteiger partial charge in [-0.1, -0.05) is 23.8 Å². The number of benzene rings is 1. The summed E-state index contributed by atoms with van der Waals surface area (Å²) in [4.78, 5) is 2.68. The Morgan fingerprint density at radius 1 is 1.22 bits per heavy atom. The van der Waals surface area contributed by atoms with Gasteiger partial charge in [0, 0.05) is 16.9 Å². The lowest BCUT2D eigenvalue weighted by Crippen LogP contribution is -1.91. The Kier molecular flexibility index (Phi) is 3.50. The van der Waals surface area contributed by atoms with Crippen LogP contribution < -0.4 is 0 Å². The Balaban J connectivity index is 2.27. The Labute approximate surface area is 111 Å². The number of aromatic amines is 1. The number of hydrogen-bond donors (Lipinski definition) is 1. The second-order valence-electron chi connectivity index (χ2n) is 4.42. The fourth-order valence-electron chi connectivity index (χ4n) is 1.92. The molecule has 0 radical (unpaired) electrons. The van der Waals surface area contributed by atoms with E-state index in [-0.39, 0.29) is 5.03 Å². The quantitative estimate of drug-likeness (QED) is 0.880. The van der Waals surface area contributed by atoms with Crippen LogP contribution in [0.3, 0.4) is 0 Å². The van der Waals surface area contributed by atoms with Crippen molar-refractivity contribution in [1.82, 2.24) is 4.98 Å². The van der Waals surface area contributed by atoms with Gasteiger partial charge in [0.25, 0.3) is 9.05 Å². The average Bonchev–Trinajstić information content (AvgIpc) is 2.70. The van der Waals surface area contributed by atoms with Gasteiger partial charge >= 0.3 is 0 Å². The van der Waals surface area contributed by atoms with E-state index < -0.39 is 9.05 Å². The highest BCUT2D eigenvalue weighted by Gasteiger charge is 2.12. The zero-order chi connectivity index (χ0) is 13.3. The van der Waals surface area contributed by atoms with Crippen LogP contribution in [0.4, 0.5) is 0 Å². The molecule has 5 heteroatoms. The van der Waals surface area contributed by atoms with E-state index in [2.05, 4.69) is 17.1 Å². The minimum absolute atomic E-state index is 0.0453. The number of aryl methyl sites for hydroxylation is 2. The van der Waals surface area contributed by atoms with Crippen molar-refractivity contribution in [2.24, 2.45) is 0 Å². The summed E-state index contributed by atoms with van der Waals surface area (Å²) in [7, 11) is 1.59. The van der Waals surface area contributed by atoms with Crippen LogP contribution in [0.1, 0.15) is 22.3 Å². The van der Waals surface area contributed by atoms with Crippen molar-refractivity contribution in [2.45, 2.75) is 25.3 Å². The summed E-state index contributed by atoms with van der Waals surface area (Å²) in [6, 6.07) is 7.80. The highest BCUT2D eigenvalue weighted by molar-refractivity contribution is 8.13. The fourth-order valence-corrected chi connectivity index (χ4v) is 2.68. The summed E-state index contributed by atoms with van der Waals surface area (Å²) in [5.74, 6) is 0. The third-order valence-corrected chi connectivity index (χ3v) is 4.13. The third-order valence-electron chi connectivity index (χ3n) is 2.87. The lowest BCUT2D eigenvalue weighted by Gasteiger charge is -2.05. The predicted molar refractivity (Wildman–Crippen MR) is 72.6 cm³/mol. The van der Waals surface area contributed by atoms with Crippen LogP contribution in [0.25, 0.3) is 0 Å². The molecule has 96 valence electrons. The van der Waals surface area contributed by atoms with Gasteiger partial charge < -0.3 is 4.98 Å². The van der Waals surface area contributed by atoms with E-state index in [0.29, 0.717) is 6.42 Å². The van der Waals surface area contributed by atoms with Gasteiger partial charge in [-0.05, 0) is 43.0 Å². The van der Waals surface area contributed by atoms with E-state index in [1.165, 1.54) is 16.7 Å². The first-order valence-corrected chi connectivity index (χ1v) is 7.85. The van der Waals surface area contributed by atoms with Crippen molar-refractivity contribution in [2.75, 3.05) is 0 Å². The summed E-state index contributed by atoms with van der Waals surface area (Å²) >= 11 is 0. The standard InChI is InChI=1S/C13H14ClNO2S/c1-9-3-4-12(10(2)5-9)6-11-7-13(15-8-11)18(14,16)17/h3-5,7-8,15H,6H2,1-2H3. The monoisotopic (exact) mass is 283 g/mol. The molecule has 1 heterocycles. The maximum Gasteiger partial charge on any atom is 0.276 e. The van der Waals surface area contributed by atoms with Gasteiger partial charge in [-0.3, -0.25) is 0 Å². The van der Waals surface area contributed by atoms with E-state index in [4.69, 9.17) is 10.7 Å². The molecule has 0 spiro atoms. The number of rotatable bonds is 3. The minimum Gasteiger partial charge on any atom is -0.351 e. The lowest BCUT2D eigenvalue weighted by molar-refractivity contribution is 0.607. The van der Waals surface area contributed by atoms with Gasteiger partial charge in [0.15, 0.2) is 0 Å². The molecule has 0 saturated carbocycles. The largest absolute Gasteiger partial charge is 0.351 e.